The Hall–Kier alpha value is -1.92. The molecule has 0 radical (unpaired) electrons. The van der Waals surface area contributed by atoms with Crippen LogP contribution in [0.25, 0.3) is 0 Å². The molecular weight excluding hydrogens is 350 g/mol. The summed E-state index contributed by atoms with van der Waals surface area (Å²) in [6.07, 6.45) is 1.24. The van der Waals surface area contributed by atoms with Crippen LogP contribution in [0.3, 0.4) is 0 Å². The number of benzene rings is 2. The van der Waals surface area contributed by atoms with Gasteiger partial charge < -0.3 is 9.47 Å². The highest BCUT2D eigenvalue weighted by molar-refractivity contribution is 7.92. The summed E-state index contributed by atoms with van der Waals surface area (Å²) in [5.41, 5.74) is 2.82. The number of fused-ring (bicyclic) bond motifs is 2. The van der Waals surface area contributed by atoms with Crippen LogP contribution < -0.4 is 14.2 Å². The van der Waals surface area contributed by atoms with E-state index in [0.717, 1.165) is 11.1 Å². The smallest absolute Gasteiger partial charge is 0.266 e. The fourth-order valence-corrected chi connectivity index (χ4v) is 4.87. The summed E-state index contributed by atoms with van der Waals surface area (Å²) in [5.74, 6) is 1.09. The van der Waals surface area contributed by atoms with E-state index in [1.54, 1.807) is 18.2 Å². The Kier molecular flexibility index (Phi) is 3.62. The van der Waals surface area contributed by atoms with Gasteiger partial charge in [-0.2, -0.15) is 0 Å². The molecule has 0 saturated heterocycles. The van der Waals surface area contributed by atoms with Crippen LogP contribution in [-0.2, 0) is 22.9 Å². The van der Waals surface area contributed by atoms with Gasteiger partial charge in [0, 0.05) is 29.0 Å². The Morgan fingerprint density at radius 2 is 1.92 bits per heavy atom. The summed E-state index contributed by atoms with van der Waals surface area (Å²) in [4.78, 5) is 0.198. The van der Waals surface area contributed by atoms with E-state index >= 15 is 0 Å². The molecule has 7 heteroatoms. The summed E-state index contributed by atoms with van der Waals surface area (Å²) in [6, 6.07) is 7.01. The van der Waals surface area contributed by atoms with Crippen molar-refractivity contribution in [3.63, 3.8) is 0 Å². The molecule has 0 fully saturated rings. The van der Waals surface area contributed by atoms with Gasteiger partial charge in [-0.15, -0.1) is 0 Å². The lowest BCUT2D eigenvalue weighted by Crippen LogP contribution is -2.16. The molecule has 0 atom stereocenters. The molecule has 0 aromatic heterocycles. The van der Waals surface area contributed by atoms with E-state index in [9.17, 15) is 8.42 Å². The van der Waals surface area contributed by atoms with Crippen LogP contribution >= 0.6 is 11.6 Å². The number of hydrogen-bond acceptors (Lipinski definition) is 4. The van der Waals surface area contributed by atoms with Crippen molar-refractivity contribution >= 4 is 27.3 Å². The quantitative estimate of drug-likeness (QED) is 0.906. The van der Waals surface area contributed by atoms with E-state index in [2.05, 4.69) is 4.72 Å². The molecule has 4 rings (SSSR count). The van der Waals surface area contributed by atoms with E-state index < -0.39 is 10.0 Å². The topological polar surface area (TPSA) is 64.6 Å². The maximum Gasteiger partial charge on any atom is 0.266 e. The highest BCUT2D eigenvalue weighted by Gasteiger charge is 2.34. The molecule has 2 heterocycles. The Morgan fingerprint density at radius 3 is 2.75 bits per heavy atom. The standard InChI is InChI=1S/C17H16ClNO4S/c1-10-2-3-12(18)9-14(10)19-24(20,21)17-13-5-7-22-15(13)8-11-4-6-23-16(11)17/h2-3,8-9,19H,4-7H2,1H3. The SMILES string of the molecule is Cc1ccc(Cl)cc1NS(=O)(=O)c1c2c(cc3c1OCC3)OCC2. The zero-order valence-electron chi connectivity index (χ0n) is 13.1. The molecule has 2 aromatic rings. The predicted octanol–water partition coefficient (Wildman–Crippen LogP) is 3.32. The molecule has 24 heavy (non-hydrogen) atoms. The maximum atomic E-state index is 13.1. The van der Waals surface area contributed by atoms with Gasteiger partial charge in [0.15, 0.2) is 0 Å². The second kappa shape index (κ2) is 5.57. The molecule has 126 valence electrons. The molecule has 2 aromatic carbocycles. The minimum absolute atomic E-state index is 0.198. The van der Waals surface area contributed by atoms with Gasteiger partial charge in [0.05, 0.1) is 18.9 Å². The number of ether oxygens (including phenoxy) is 2. The fourth-order valence-electron chi connectivity index (χ4n) is 3.13. The summed E-state index contributed by atoms with van der Waals surface area (Å²) in [5, 5.41) is 0.474. The van der Waals surface area contributed by atoms with Gasteiger partial charge in [0.25, 0.3) is 10.0 Å². The first-order valence-electron chi connectivity index (χ1n) is 7.69. The van der Waals surface area contributed by atoms with E-state index in [0.29, 0.717) is 53.8 Å². The molecule has 0 amide bonds. The first kappa shape index (κ1) is 15.6. The zero-order valence-corrected chi connectivity index (χ0v) is 14.6. The van der Waals surface area contributed by atoms with Gasteiger partial charge in [-0.3, -0.25) is 4.72 Å². The third-order valence-electron chi connectivity index (χ3n) is 4.31. The molecular formula is C17H16ClNO4S. The molecule has 1 N–H and O–H groups in total. The van der Waals surface area contributed by atoms with Crippen molar-refractivity contribution in [3.05, 3.63) is 46.0 Å². The van der Waals surface area contributed by atoms with Crippen LogP contribution in [0.4, 0.5) is 5.69 Å². The monoisotopic (exact) mass is 365 g/mol. The summed E-state index contributed by atoms with van der Waals surface area (Å²) in [6.45, 7) is 2.79. The number of nitrogens with one attached hydrogen (secondary N) is 1. The van der Waals surface area contributed by atoms with Gasteiger partial charge >= 0.3 is 0 Å². The van der Waals surface area contributed by atoms with Crippen LogP contribution in [-0.4, -0.2) is 21.6 Å². The number of sulfonamides is 1. The van der Waals surface area contributed by atoms with Crippen molar-refractivity contribution in [1.82, 2.24) is 0 Å². The minimum atomic E-state index is -3.82. The highest BCUT2D eigenvalue weighted by Crippen LogP contribution is 2.43. The second-order valence-corrected chi connectivity index (χ2v) is 7.99. The largest absolute Gasteiger partial charge is 0.493 e. The Labute approximate surface area is 145 Å². The maximum absolute atomic E-state index is 13.1. The molecule has 2 aliphatic rings. The van der Waals surface area contributed by atoms with E-state index in [1.807, 2.05) is 13.0 Å². The predicted molar refractivity (Wildman–Crippen MR) is 91.8 cm³/mol. The van der Waals surface area contributed by atoms with Crippen molar-refractivity contribution in [1.29, 1.82) is 0 Å². The van der Waals surface area contributed by atoms with E-state index in [4.69, 9.17) is 21.1 Å². The van der Waals surface area contributed by atoms with Gasteiger partial charge in [0.2, 0.25) is 0 Å². The molecule has 0 bridgehead atoms. The second-order valence-electron chi connectivity index (χ2n) is 5.93. The lowest BCUT2D eigenvalue weighted by Gasteiger charge is -2.16. The first-order valence-corrected chi connectivity index (χ1v) is 9.55. The van der Waals surface area contributed by atoms with Crippen LogP contribution in [0.2, 0.25) is 5.02 Å². The van der Waals surface area contributed by atoms with Crippen molar-refractivity contribution in [3.8, 4) is 11.5 Å². The van der Waals surface area contributed by atoms with Gasteiger partial charge in [-0.25, -0.2) is 8.42 Å². The Bertz CT molecular complexity index is 908. The van der Waals surface area contributed by atoms with Gasteiger partial charge in [0.1, 0.15) is 16.4 Å². The third kappa shape index (κ3) is 2.50. The van der Waals surface area contributed by atoms with Crippen molar-refractivity contribution in [2.45, 2.75) is 24.7 Å². The van der Waals surface area contributed by atoms with E-state index in [-0.39, 0.29) is 4.90 Å². The summed E-state index contributed by atoms with van der Waals surface area (Å²) >= 11 is 6.00. The summed E-state index contributed by atoms with van der Waals surface area (Å²) < 4.78 is 40.1. The van der Waals surface area contributed by atoms with Crippen molar-refractivity contribution in [2.75, 3.05) is 17.9 Å². The number of aryl methyl sites for hydroxylation is 1. The normalized spacial score (nSPS) is 15.4. The van der Waals surface area contributed by atoms with Crippen LogP contribution in [0.15, 0.2) is 29.2 Å². The van der Waals surface area contributed by atoms with Gasteiger partial charge in [-0.1, -0.05) is 17.7 Å². The van der Waals surface area contributed by atoms with Crippen molar-refractivity contribution < 1.29 is 17.9 Å². The zero-order chi connectivity index (χ0) is 16.9. The average molecular weight is 366 g/mol. The number of anilines is 1. The van der Waals surface area contributed by atoms with Crippen LogP contribution in [0, 0.1) is 6.92 Å². The Balaban J connectivity index is 1.85. The molecule has 2 aliphatic heterocycles. The lowest BCUT2D eigenvalue weighted by atomic mass is 10.1. The molecule has 0 spiro atoms. The van der Waals surface area contributed by atoms with Crippen LogP contribution in [0.5, 0.6) is 11.5 Å². The molecule has 5 nitrogen and oxygen atoms in total. The fraction of sp³-hybridized carbons (Fsp3) is 0.294. The Morgan fingerprint density at radius 1 is 1.12 bits per heavy atom. The molecule has 0 aliphatic carbocycles. The number of hydrogen-bond donors (Lipinski definition) is 1. The summed E-state index contributed by atoms with van der Waals surface area (Å²) in [7, 11) is -3.82. The first-order chi connectivity index (χ1) is 11.5. The van der Waals surface area contributed by atoms with Gasteiger partial charge in [-0.05, 0) is 30.7 Å². The molecule has 0 unspecified atom stereocenters. The number of halogens is 1. The highest BCUT2D eigenvalue weighted by atomic mass is 35.5. The van der Waals surface area contributed by atoms with Crippen molar-refractivity contribution in [2.24, 2.45) is 0 Å². The third-order valence-corrected chi connectivity index (χ3v) is 6.01. The number of rotatable bonds is 3. The van der Waals surface area contributed by atoms with Crippen LogP contribution in [0.1, 0.15) is 16.7 Å². The average Bonchev–Trinajstić information content (AvgIpc) is 3.16. The lowest BCUT2D eigenvalue weighted by molar-refractivity contribution is 0.348. The van der Waals surface area contributed by atoms with E-state index in [1.165, 1.54) is 0 Å². The minimum Gasteiger partial charge on any atom is -0.493 e. The molecule has 0 saturated carbocycles.